The van der Waals surface area contributed by atoms with Crippen LogP contribution in [0.1, 0.15) is 25.0 Å². The molecule has 1 aromatic carbocycles. The maximum atomic E-state index is 13.8. The lowest BCUT2D eigenvalue weighted by molar-refractivity contribution is -0.146. The quantitative estimate of drug-likeness (QED) is 0.592. The van der Waals surface area contributed by atoms with Gasteiger partial charge < -0.3 is 4.74 Å². The van der Waals surface area contributed by atoms with Crippen LogP contribution in [0, 0.1) is 24.4 Å². The standard InChI is InChI=1S/C12H13F3O2/c1-6-9(14)7(5-8(13)10(6)15)12(2,3)11(16)17-4/h5H,1-4H3. The second kappa shape index (κ2) is 4.39. The molecule has 1 aromatic rings. The summed E-state index contributed by atoms with van der Waals surface area (Å²) in [6.45, 7) is 3.88. The van der Waals surface area contributed by atoms with Crippen molar-refractivity contribution in [3.05, 3.63) is 34.6 Å². The van der Waals surface area contributed by atoms with Gasteiger partial charge in [0.2, 0.25) is 0 Å². The van der Waals surface area contributed by atoms with Crippen LogP contribution in [0.2, 0.25) is 0 Å². The SMILES string of the molecule is COC(=O)C(C)(C)c1cc(F)c(F)c(C)c1F. The van der Waals surface area contributed by atoms with E-state index >= 15 is 0 Å². The first-order valence-corrected chi connectivity index (χ1v) is 4.96. The van der Waals surface area contributed by atoms with Crippen LogP contribution in [-0.2, 0) is 14.9 Å². The Morgan fingerprint density at radius 3 is 2.24 bits per heavy atom. The molecule has 0 unspecified atom stereocenters. The van der Waals surface area contributed by atoms with E-state index in [4.69, 9.17) is 0 Å². The number of rotatable bonds is 2. The lowest BCUT2D eigenvalue weighted by Gasteiger charge is -2.23. The number of halogens is 3. The molecule has 0 aromatic heterocycles. The fraction of sp³-hybridized carbons (Fsp3) is 0.417. The van der Waals surface area contributed by atoms with E-state index in [0.29, 0.717) is 6.07 Å². The van der Waals surface area contributed by atoms with Gasteiger partial charge in [-0.25, -0.2) is 13.2 Å². The third-order valence-corrected chi connectivity index (χ3v) is 2.74. The summed E-state index contributed by atoms with van der Waals surface area (Å²) in [4.78, 5) is 11.5. The van der Waals surface area contributed by atoms with Gasteiger partial charge in [-0.2, -0.15) is 0 Å². The van der Waals surface area contributed by atoms with Gasteiger partial charge in [0.25, 0.3) is 0 Å². The van der Waals surface area contributed by atoms with Crippen molar-refractivity contribution in [2.75, 3.05) is 7.11 Å². The molecular formula is C12H13F3O2. The number of hydrogen-bond donors (Lipinski definition) is 0. The molecular weight excluding hydrogens is 233 g/mol. The zero-order valence-electron chi connectivity index (χ0n) is 10.0. The number of benzene rings is 1. The van der Waals surface area contributed by atoms with Crippen molar-refractivity contribution >= 4 is 5.97 Å². The normalized spacial score (nSPS) is 11.5. The van der Waals surface area contributed by atoms with Gasteiger partial charge in [0.15, 0.2) is 11.6 Å². The average molecular weight is 246 g/mol. The topological polar surface area (TPSA) is 26.3 Å². The van der Waals surface area contributed by atoms with Gasteiger partial charge in [-0.3, -0.25) is 4.79 Å². The molecule has 0 bridgehead atoms. The summed E-state index contributed by atoms with van der Waals surface area (Å²) in [5.74, 6) is -4.08. The minimum absolute atomic E-state index is 0.222. The van der Waals surface area contributed by atoms with E-state index in [-0.39, 0.29) is 5.56 Å². The number of carbonyl (C=O) groups excluding carboxylic acids is 1. The van der Waals surface area contributed by atoms with E-state index in [0.717, 1.165) is 14.0 Å². The number of methoxy groups -OCH3 is 1. The molecule has 0 amide bonds. The summed E-state index contributed by atoms with van der Waals surface area (Å²) in [7, 11) is 1.15. The molecule has 5 heteroatoms. The summed E-state index contributed by atoms with van der Waals surface area (Å²) in [5, 5.41) is 0. The van der Waals surface area contributed by atoms with Crippen LogP contribution in [0.5, 0.6) is 0 Å². The molecule has 94 valence electrons. The van der Waals surface area contributed by atoms with E-state index in [1.807, 2.05) is 0 Å². The second-order valence-corrected chi connectivity index (χ2v) is 4.28. The molecule has 0 atom stereocenters. The molecule has 1 rings (SSSR count). The third-order valence-electron chi connectivity index (χ3n) is 2.74. The summed E-state index contributed by atoms with van der Waals surface area (Å²) in [5.41, 5.74) is -2.05. The minimum Gasteiger partial charge on any atom is -0.468 e. The molecule has 0 spiro atoms. The van der Waals surface area contributed by atoms with Crippen LogP contribution in [-0.4, -0.2) is 13.1 Å². The first-order chi connectivity index (χ1) is 7.73. The van der Waals surface area contributed by atoms with Crippen molar-refractivity contribution in [3.63, 3.8) is 0 Å². The Morgan fingerprint density at radius 1 is 1.24 bits per heavy atom. The van der Waals surface area contributed by atoms with E-state index in [1.54, 1.807) is 0 Å². The summed E-state index contributed by atoms with van der Waals surface area (Å²) >= 11 is 0. The third kappa shape index (κ3) is 2.14. The van der Waals surface area contributed by atoms with Crippen LogP contribution >= 0.6 is 0 Å². The highest BCUT2D eigenvalue weighted by atomic mass is 19.2. The molecule has 0 saturated carbocycles. The van der Waals surface area contributed by atoms with Gasteiger partial charge in [0.05, 0.1) is 12.5 Å². The van der Waals surface area contributed by atoms with E-state index in [9.17, 15) is 18.0 Å². The largest absolute Gasteiger partial charge is 0.468 e. The summed E-state index contributed by atoms with van der Waals surface area (Å²) in [6, 6.07) is 0.689. The van der Waals surface area contributed by atoms with Crippen LogP contribution in [0.25, 0.3) is 0 Å². The van der Waals surface area contributed by atoms with Crippen LogP contribution in [0.4, 0.5) is 13.2 Å². The average Bonchev–Trinajstić information content (AvgIpc) is 2.29. The van der Waals surface area contributed by atoms with Crippen molar-refractivity contribution in [1.29, 1.82) is 0 Å². The number of carbonyl (C=O) groups is 1. The molecule has 0 aliphatic carbocycles. The predicted molar refractivity (Wildman–Crippen MR) is 56.1 cm³/mol. The maximum Gasteiger partial charge on any atom is 0.315 e. The number of hydrogen-bond acceptors (Lipinski definition) is 2. The van der Waals surface area contributed by atoms with E-state index in [2.05, 4.69) is 4.74 Å². The van der Waals surface area contributed by atoms with Gasteiger partial charge >= 0.3 is 5.97 Å². The van der Waals surface area contributed by atoms with Crippen molar-refractivity contribution in [2.45, 2.75) is 26.2 Å². The highest BCUT2D eigenvalue weighted by Gasteiger charge is 2.35. The molecule has 0 radical (unpaired) electrons. The van der Waals surface area contributed by atoms with Gasteiger partial charge in [0.1, 0.15) is 5.82 Å². The summed E-state index contributed by atoms with van der Waals surface area (Å²) < 4.78 is 44.7. The second-order valence-electron chi connectivity index (χ2n) is 4.28. The van der Waals surface area contributed by atoms with Gasteiger partial charge in [-0.15, -0.1) is 0 Å². The maximum absolute atomic E-state index is 13.8. The Labute approximate surface area is 97.4 Å². The Bertz CT molecular complexity index is 467. The lowest BCUT2D eigenvalue weighted by Crippen LogP contribution is -2.32. The fourth-order valence-corrected chi connectivity index (χ4v) is 1.55. The van der Waals surface area contributed by atoms with Gasteiger partial charge in [0, 0.05) is 11.1 Å². The van der Waals surface area contributed by atoms with E-state index in [1.165, 1.54) is 13.8 Å². The van der Waals surface area contributed by atoms with Crippen molar-refractivity contribution < 1.29 is 22.7 Å². The fourth-order valence-electron chi connectivity index (χ4n) is 1.55. The smallest absolute Gasteiger partial charge is 0.315 e. The minimum atomic E-state index is -1.38. The lowest BCUT2D eigenvalue weighted by atomic mass is 9.83. The zero-order chi connectivity index (χ0) is 13.4. The van der Waals surface area contributed by atoms with Crippen LogP contribution < -0.4 is 0 Å². The Kier molecular flexibility index (Phi) is 3.50. The number of ether oxygens (including phenoxy) is 1. The molecule has 0 aliphatic heterocycles. The zero-order valence-corrected chi connectivity index (χ0v) is 10.0. The van der Waals surface area contributed by atoms with Crippen molar-refractivity contribution in [1.82, 2.24) is 0 Å². The first kappa shape index (κ1) is 13.5. The van der Waals surface area contributed by atoms with Gasteiger partial charge in [-0.1, -0.05) is 0 Å². The Hall–Kier alpha value is -1.52. The molecule has 2 nitrogen and oxygen atoms in total. The highest BCUT2D eigenvalue weighted by molar-refractivity contribution is 5.82. The van der Waals surface area contributed by atoms with Crippen molar-refractivity contribution in [2.24, 2.45) is 0 Å². The first-order valence-electron chi connectivity index (χ1n) is 4.96. The Morgan fingerprint density at radius 2 is 1.76 bits per heavy atom. The molecule has 17 heavy (non-hydrogen) atoms. The van der Waals surface area contributed by atoms with E-state index < -0.39 is 34.4 Å². The number of esters is 1. The highest BCUT2D eigenvalue weighted by Crippen LogP contribution is 2.30. The van der Waals surface area contributed by atoms with Crippen molar-refractivity contribution in [3.8, 4) is 0 Å². The Balaban J connectivity index is 3.48. The van der Waals surface area contributed by atoms with Gasteiger partial charge in [-0.05, 0) is 26.8 Å². The molecule has 0 aliphatic rings. The molecule has 0 N–H and O–H groups in total. The monoisotopic (exact) mass is 246 g/mol. The van der Waals surface area contributed by atoms with Crippen LogP contribution in [0.15, 0.2) is 6.07 Å². The summed E-state index contributed by atoms with van der Waals surface area (Å²) in [6.07, 6.45) is 0. The molecule has 0 saturated heterocycles. The molecule has 0 heterocycles. The van der Waals surface area contributed by atoms with Crippen LogP contribution in [0.3, 0.4) is 0 Å². The predicted octanol–water partition coefficient (Wildman–Crippen LogP) is 2.86. The molecule has 0 fully saturated rings.